The molecule has 0 aromatic heterocycles. The molecule has 0 bridgehead atoms. The molecule has 82 valence electrons. The van der Waals surface area contributed by atoms with Crippen molar-refractivity contribution >= 4 is 28.7 Å². The number of likely N-dealkylation sites (tertiary alicyclic amines) is 1. The molecule has 0 spiro atoms. The second kappa shape index (κ2) is 4.68. The Balaban J connectivity index is 2.38. The molecular weight excluding hydrogens is 293 g/mol. The van der Waals surface area contributed by atoms with Crippen LogP contribution in [0.25, 0.3) is 0 Å². The van der Waals surface area contributed by atoms with E-state index >= 15 is 0 Å². The summed E-state index contributed by atoms with van der Waals surface area (Å²) >= 11 is 2.44. The Morgan fingerprint density at radius 3 is 2.29 bits per heavy atom. The van der Waals surface area contributed by atoms with E-state index in [1.54, 1.807) is 4.90 Å². The van der Waals surface area contributed by atoms with Crippen molar-refractivity contribution in [1.29, 1.82) is 0 Å². The highest BCUT2D eigenvalue weighted by molar-refractivity contribution is 14.1. The van der Waals surface area contributed by atoms with Gasteiger partial charge in [-0.1, -0.05) is 22.6 Å². The molecule has 0 aromatic rings. The Morgan fingerprint density at radius 1 is 1.36 bits per heavy atom. The van der Waals surface area contributed by atoms with Gasteiger partial charge in [-0.05, 0) is 33.6 Å². The summed E-state index contributed by atoms with van der Waals surface area (Å²) in [5.74, 6) is 0. The van der Waals surface area contributed by atoms with Gasteiger partial charge in [-0.2, -0.15) is 0 Å². The lowest BCUT2D eigenvalue weighted by Gasteiger charge is -2.31. The van der Waals surface area contributed by atoms with E-state index in [9.17, 15) is 4.79 Å². The number of carbonyl (C=O) groups is 1. The number of halogens is 1. The molecule has 1 aliphatic rings. The molecule has 1 aliphatic heterocycles. The summed E-state index contributed by atoms with van der Waals surface area (Å²) < 4.78 is 6.01. The number of hydrogen-bond donors (Lipinski definition) is 0. The zero-order valence-corrected chi connectivity index (χ0v) is 11.2. The molecule has 1 fully saturated rings. The smallest absolute Gasteiger partial charge is 0.410 e. The van der Waals surface area contributed by atoms with Crippen molar-refractivity contribution in [3.05, 3.63) is 0 Å². The van der Waals surface area contributed by atoms with Crippen molar-refractivity contribution in [2.45, 2.75) is 43.1 Å². The summed E-state index contributed by atoms with van der Waals surface area (Å²) in [6.07, 6.45) is 2.00. The number of nitrogens with zero attached hydrogens (tertiary/aromatic N) is 1. The number of piperidine rings is 1. The lowest BCUT2D eigenvalue weighted by molar-refractivity contribution is 0.0221. The van der Waals surface area contributed by atoms with Crippen LogP contribution >= 0.6 is 22.6 Å². The molecule has 3 nitrogen and oxygen atoms in total. The van der Waals surface area contributed by atoms with Crippen LogP contribution in [-0.4, -0.2) is 33.6 Å². The van der Waals surface area contributed by atoms with E-state index in [1.807, 2.05) is 20.8 Å². The summed E-state index contributed by atoms with van der Waals surface area (Å²) in [7, 11) is 0. The van der Waals surface area contributed by atoms with Crippen LogP contribution in [0, 0.1) is 0 Å². The summed E-state index contributed by atoms with van der Waals surface area (Å²) in [6, 6.07) is 0. The van der Waals surface area contributed by atoms with Gasteiger partial charge >= 0.3 is 6.09 Å². The Labute approximate surface area is 99.3 Å². The van der Waals surface area contributed by atoms with Crippen molar-refractivity contribution in [1.82, 2.24) is 4.90 Å². The largest absolute Gasteiger partial charge is 0.444 e. The SMILES string of the molecule is CC(C)(C)OC(=O)N1CCC(I)CC1. The van der Waals surface area contributed by atoms with E-state index in [4.69, 9.17) is 4.74 Å². The van der Waals surface area contributed by atoms with Crippen LogP contribution in [0.2, 0.25) is 0 Å². The standard InChI is InChI=1S/C10H18INO2/c1-10(2,3)14-9(13)12-6-4-8(11)5-7-12/h8H,4-7H2,1-3H3. The molecule has 1 amide bonds. The molecule has 0 aromatic carbocycles. The van der Waals surface area contributed by atoms with Crippen molar-refractivity contribution in [3.8, 4) is 0 Å². The molecule has 0 radical (unpaired) electrons. The minimum atomic E-state index is -0.377. The molecule has 14 heavy (non-hydrogen) atoms. The fourth-order valence-corrected chi connectivity index (χ4v) is 1.91. The first-order valence-electron chi connectivity index (χ1n) is 5.00. The summed E-state index contributed by atoms with van der Waals surface area (Å²) in [5, 5.41) is 0. The van der Waals surface area contributed by atoms with Gasteiger partial charge in [-0.15, -0.1) is 0 Å². The molecule has 0 saturated carbocycles. The molecule has 1 saturated heterocycles. The van der Waals surface area contributed by atoms with Gasteiger partial charge in [-0.3, -0.25) is 0 Å². The van der Waals surface area contributed by atoms with Crippen LogP contribution in [-0.2, 0) is 4.74 Å². The van der Waals surface area contributed by atoms with Gasteiger partial charge in [0.25, 0.3) is 0 Å². The van der Waals surface area contributed by atoms with Gasteiger partial charge in [0, 0.05) is 17.0 Å². The molecule has 1 heterocycles. The summed E-state index contributed by atoms with van der Waals surface area (Å²) in [6.45, 7) is 7.37. The normalized spacial score (nSPS) is 19.6. The second-order valence-corrected chi connectivity index (χ2v) is 6.40. The number of amides is 1. The van der Waals surface area contributed by atoms with Crippen LogP contribution < -0.4 is 0 Å². The van der Waals surface area contributed by atoms with Crippen molar-refractivity contribution in [2.24, 2.45) is 0 Å². The van der Waals surface area contributed by atoms with Gasteiger partial charge in [0.2, 0.25) is 0 Å². The van der Waals surface area contributed by atoms with Gasteiger partial charge in [0.1, 0.15) is 5.60 Å². The monoisotopic (exact) mass is 311 g/mol. The average molecular weight is 311 g/mol. The van der Waals surface area contributed by atoms with Crippen molar-refractivity contribution < 1.29 is 9.53 Å². The van der Waals surface area contributed by atoms with Crippen LogP contribution in [0.15, 0.2) is 0 Å². The van der Waals surface area contributed by atoms with Crippen LogP contribution in [0.4, 0.5) is 4.79 Å². The minimum absolute atomic E-state index is 0.166. The predicted octanol–water partition coefficient (Wildman–Crippen LogP) is 2.82. The molecule has 4 heteroatoms. The third kappa shape index (κ3) is 4.02. The first-order valence-corrected chi connectivity index (χ1v) is 6.25. The van der Waals surface area contributed by atoms with Crippen LogP contribution in [0.1, 0.15) is 33.6 Å². The Morgan fingerprint density at radius 2 is 1.86 bits per heavy atom. The lowest BCUT2D eigenvalue weighted by atomic mass is 10.1. The third-order valence-corrected chi connectivity index (χ3v) is 3.32. The lowest BCUT2D eigenvalue weighted by Crippen LogP contribution is -2.41. The quantitative estimate of drug-likeness (QED) is 0.508. The van der Waals surface area contributed by atoms with Gasteiger partial charge in [0.15, 0.2) is 0 Å². The Hall–Kier alpha value is 0. The fourth-order valence-electron chi connectivity index (χ4n) is 1.36. The zero-order chi connectivity index (χ0) is 10.8. The van der Waals surface area contributed by atoms with E-state index in [-0.39, 0.29) is 11.7 Å². The summed E-state index contributed by atoms with van der Waals surface area (Å²) in [5.41, 5.74) is -0.377. The zero-order valence-electron chi connectivity index (χ0n) is 9.05. The number of carbonyl (C=O) groups excluding carboxylic acids is 1. The van der Waals surface area contributed by atoms with Crippen LogP contribution in [0.3, 0.4) is 0 Å². The van der Waals surface area contributed by atoms with E-state index in [0.717, 1.165) is 25.9 Å². The van der Waals surface area contributed by atoms with Crippen LogP contribution in [0.5, 0.6) is 0 Å². The maximum Gasteiger partial charge on any atom is 0.410 e. The number of ether oxygens (including phenoxy) is 1. The minimum Gasteiger partial charge on any atom is -0.444 e. The number of rotatable bonds is 0. The fraction of sp³-hybridized carbons (Fsp3) is 0.900. The molecule has 0 aliphatic carbocycles. The third-order valence-electron chi connectivity index (χ3n) is 2.08. The van der Waals surface area contributed by atoms with Gasteiger partial charge in [-0.25, -0.2) is 4.79 Å². The second-order valence-electron chi connectivity index (χ2n) is 4.64. The first kappa shape index (κ1) is 12.1. The molecule has 1 rings (SSSR count). The topological polar surface area (TPSA) is 29.5 Å². The van der Waals surface area contributed by atoms with E-state index in [2.05, 4.69) is 22.6 Å². The highest BCUT2D eigenvalue weighted by atomic mass is 127. The van der Waals surface area contributed by atoms with E-state index in [0.29, 0.717) is 3.92 Å². The molecule has 0 N–H and O–H groups in total. The van der Waals surface area contributed by atoms with E-state index in [1.165, 1.54) is 0 Å². The van der Waals surface area contributed by atoms with Gasteiger partial charge in [0.05, 0.1) is 0 Å². The first-order chi connectivity index (χ1) is 6.38. The Bertz CT molecular complexity index is 205. The maximum absolute atomic E-state index is 11.6. The number of alkyl halides is 1. The van der Waals surface area contributed by atoms with Crippen molar-refractivity contribution in [3.63, 3.8) is 0 Å². The molecule has 0 atom stereocenters. The highest BCUT2D eigenvalue weighted by Gasteiger charge is 2.25. The van der Waals surface area contributed by atoms with E-state index < -0.39 is 0 Å². The summed E-state index contributed by atoms with van der Waals surface area (Å²) in [4.78, 5) is 13.4. The highest BCUT2D eigenvalue weighted by Crippen LogP contribution is 2.19. The Kier molecular flexibility index (Phi) is 4.04. The molecular formula is C10H18INO2. The predicted molar refractivity (Wildman–Crippen MR) is 64.8 cm³/mol. The average Bonchev–Trinajstić information content (AvgIpc) is 2.02. The number of hydrogen-bond acceptors (Lipinski definition) is 2. The molecule has 0 unspecified atom stereocenters. The van der Waals surface area contributed by atoms with Gasteiger partial charge < -0.3 is 9.64 Å². The van der Waals surface area contributed by atoms with Crippen molar-refractivity contribution in [2.75, 3.05) is 13.1 Å². The maximum atomic E-state index is 11.6.